The highest BCUT2D eigenvalue weighted by Crippen LogP contribution is 2.39. The minimum atomic E-state index is -1.53. The van der Waals surface area contributed by atoms with Gasteiger partial charge in [0.15, 0.2) is 17.5 Å². The molecular weight excluding hydrogens is 351 g/mol. The normalized spacial score (nSPS) is 14.7. The second kappa shape index (κ2) is 6.27. The number of benzene rings is 1. The molecule has 1 unspecified atom stereocenters. The lowest BCUT2D eigenvalue weighted by atomic mass is 10.1. The zero-order valence-electron chi connectivity index (χ0n) is 13.0. The molecule has 8 heteroatoms. The Morgan fingerprint density at radius 1 is 1.16 bits per heavy atom. The molecule has 2 aromatic heterocycles. The Bertz CT molecular complexity index is 937. The number of nitrogens with one attached hydrogen (secondary N) is 1. The summed E-state index contributed by atoms with van der Waals surface area (Å²) in [4.78, 5) is 10.6. The molecule has 0 saturated heterocycles. The molecule has 4 nitrogen and oxygen atoms in total. The van der Waals surface area contributed by atoms with Crippen LogP contribution in [0.2, 0.25) is 0 Å². The maximum absolute atomic E-state index is 13.5. The summed E-state index contributed by atoms with van der Waals surface area (Å²) in [7, 11) is 0. The summed E-state index contributed by atoms with van der Waals surface area (Å²) in [6.07, 6.45) is 4.43. The highest BCUT2D eigenvalue weighted by molar-refractivity contribution is 7.19. The number of halogens is 3. The van der Waals surface area contributed by atoms with Crippen molar-refractivity contribution in [1.29, 1.82) is 0 Å². The Kier molecular flexibility index (Phi) is 4.09. The number of aryl methyl sites for hydroxylation is 2. The minimum Gasteiger partial charge on any atom is -0.394 e. The number of anilines is 1. The second-order valence-electron chi connectivity index (χ2n) is 5.94. The highest BCUT2D eigenvalue weighted by Gasteiger charge is 2.23. The summed E-state index contributed by atoms with van der Waals surface area (Å²) in [5.41, 5.74) is 1.30. The van der Waals surface area contributed by atoms with Crippen LogP contribution in [0.5, 0.6) is 0 Å². The average Bonchev–Trinajstić information content (AvgIpc) is 3.18. The second-order valence-corrected chi connectivity index (χ2v) is 7.02. The molecule has 1 aromatic carbocycles. The summed E-state index contributed by atoms with van der Waals surface area (Å²) in [6.45, 7) is -0.428. The van der Waals surface area contributed by atoms with Crippen LogP contribution in [0.4, 0.5) is 19.0 Å². The van der Waals surface area contributed by atoms with Crippen molar-refractivity contribution in [3.63, 3.8) is 0 Å². The van der Waals surface area contributed by atoms with Crippen molar-refractivity contribution >= 4 is 27.4 Å². The molecule has 4 rings (SSSR count). The number of aliphatic hydroxyl groups excluding tert-OH is 1. The Hall–Kier alpha value is -2.19. The third-order valence-electron chi connectivity index (χ3n) is 4.40. The predicted octanol–water partition coefficient (Wildman–Crippen LogP) is 3.74. The average molecular weight is 365 g/mol. The van der Waals surface area contributed by atoms with Gasteiger partial charge in [-0.1, -0.05) is 0 Å². The van der Waals surface area contributed by atoms with E-state index in [-0.39, 0.29) is 5.56 Å². The summed E-state index contributed by atoms with van der Waals surface area (Å²) in [6, 6.07) is 0.936. The number of hydrogen-bond acceptors (Lipinski definition) is 5. The van der Waals surface area contributed by atoms with Gasteiger partial charge in [0.2, 0.25) is 0 Å². The van der Waals surface area contributed by atoms with Crippen LogP contribution in [0.1, 0.15) is 28.5 Å². The van der Waals surface area contributed by atoms with E-state index in [1.165, 1.54) is 16.8 Å². The van der Waals surface area contributed by atoms with Crippen LogP contribution in [0, 0.1) is 17.5 Å². The van der Waals surface area contributed by atoms with Gasteiger partial charge in [-0.05, 0) is 42.5 Å². The minimum absolute atomic E-state index is 0.109. The number of hydrogen-bond donors (Lipinski definition) is 2. The lowest BCUT2D eigenvalue weighted by Gasteiger charge is -2.18. The fourth-order valence-corrected chi connectivity index (χ4v) is 4.44. The van der Waals surface area contributed by atoms with Gasteiger partial charge >= 0.3 is 0 Å². The van der Waals surface area contributed by atoms with E-state index in [9.17, 15) is 18.3 Å². The summed E-state index contributed by atoms with van der Waals surface area (Å²) in [5, 5.41) is 13.6. The van der Waals surface area contributed by atoms with E-state index in [2.05, 4.69) is 15.3 Å². The van der Waals surface area contributed by atoms with Crippen molar-refractivity contribution in [2.75, 3.05) is 11.9 Å². The van der Waals surface area contributed by atoms with Crippen molar-refractivity contribution in [3.8, 4) is 0 Å². The monoisotopic (exact) mass is 365 g/mol. The smallest absolute Gasteiger partial charge is 0.194 e. The number of fused-ring (bicyclic) bond motifs is 3. The van der Waals surface area contributed by atoms with Crippen molar-refractivity contribution in [1.82, 2.24) is 9.97 Å². The van der Waals surface area contributed by atoms with Gasteiger partial charge in [0.1, 0.15) is 17.0 Å². The first-order valence-corrected chi connectivity index (χ1v) is 8.67. The zero-order valence-corrected chi connectivity index (χ0v) is 13.8. The maximum atomic E-state index is 13.5. The van der Waals surface area contributed by atoms with Gasteiger partial charge in [-0.2, -0.15) is 0 Å². The third kappa shape index (κ3) is 2.75. The van der Waals surface area contributed by atoms with E-state index in [4.69, 9.17) is 0 Å². The largest absolute Gasteiger partial charge is 0.394 e. The third-order valence-corrected chi connectivity index (χ3v) is 5.60. The van der Waals surface area contributed by atoms with Gasteiger partial charge in [0, 0.05) is 4.88 Å². The van der Waals surface area contributed by atoms with Crippen LogP contribution in [-0.4, -0.2) is 21.7 Å². The van der Waals surface area contributed by atoms with Gasteiger partial charge in [-0.25, -0.2) is 23.1 Å². The molecule has 0 saturated carbocycles. The van der Waals surface area contributed by atoms with Gasteiger partial charge in [0.25, 0.3) is 0 Å². The fourth-order valence-electron chi connectivity index (χ4n) is 3.21. The van der Waals surface area contributed by atoms with Crippen LogP contribution in [0.3, 0.4) is 0 Å². The highest BCUT2D eigenvalue weighted by atomic mass is 32.1. The number of thiophene rings is 1. The van der Waals surface area contributed by atoms with Crippen LogP contribution in [0.25, 0.3) is 10.2 Å². The van der Waals surface area contributed by atoms with Crippen LogP contribution in [-0.2, 0) is 12.8 Å². The fraction of sp³-hybridized carbons (Fsp3) is 0.294. The van der Waals surface area contributed by atoms with Crippen molar-refractivity contribution < 1.29 is 18.3 Å². The Morgan fingerprint density at radius 2 is 1.92 bits per heavy atom. The Morgan fingerprint density at radius 3 is 2.64 bits per heavy atom. The summed E-state index contributed by atoms with van der Waals surface area (Å²) in [5.74, 6) is -3.60. The molecule has 1 atom stereocenters. The van der Waals surface area contributed by atoms with E-state index >= 15 is 0 Å². The van der Waals surface area contributed by atoms with Crippen LogP contribution >= 0.6 is 11.3 Å². The predicted molar refractivity (Wildman–Crippen MR) is 89.2 cm³/mol. The van der Waals surface area contributed by atoms with Gasteiger partial charge in [-0.15, -0.1) is 11.3 Å². The molecule has 0 spiro atoms. The van der Waals surface area contributed by atoms with E-state index in [0.717, 1.165) is 41.6 Å². The lowest BCUT2D eigenvalue weighted by Crippen LogP contribution is -2.17. The quantitative estimate of drug-likeness (QED) is 0.692. The SMILES string of the molecule is OCC(Nc1ncnc2sc3c(c12)CCC3)c1cc(F)c(F)c(F)c1. The van der Waals surface area contributed by atoms with E-state index in [0.29, 0.717) is 5.82 Å². The summed E-state index contributed by atoms with van der Waals surface area (Å²) >= 11 is 1.61. The first kappa shape index (κ1) is 16.3. The molecular formula is C17H14F3N3OS. The van der Waals surface area contributed by atoms with Crippen LogP contribution in [0.15, 0.2) is 18.5 Å². The van der Waals surface area contributed by atoms with Crippen molar-refractivity contribution in [2.24, 2.45) is 0 Å². The van der Waals surface area contributed by atoms with E-state index in [1.54, 1.807) is 11.3 Å². The molecule has 25 heavy (non-hydrogen) atoms. The molecule has 0 bridgehead atoms. The molecule has 0 aliphatic heterocycles. The number of aliphatic hydroxyl groups is 1. The number of nitrogens with zero attached hydrogens (tertiary/aromatic N) is 2. The lowest BCUT2D eigenvalue weighted by molar-refractivity contribution is 0.275. The number of rotatable bonds is 4. The maximum Gasteiger partial charge on any atom is 0.194 e. The van der Waals surface area contributed by atoms with Gasteiger partial charge < -0.3 is 10.4 Å². The molecule has 1 aliphatic rings. The van der Waals surface area contributed by atoms with Crippen LogP contribution < -0.4 is 5.32 Å². The molecule has 2 N–H and O–H groups in total. The van der Waals surface area contributed by atoms with Crippen molar-refractivity contribution in [3.05, 3.63) is 51.9 Å². The topological polar surface area (TPSA) is 58.0 Å². The summed E-state index contributed by atoms with van der Waals surface area (Å²) < 4.78 is 40.2. The van der Waals surface area contributed by atoms with Crippen molar-refractivity contribution in [2.45, 2.75) is 25.3 Å². The first-order chi connectivity index (χ1) is 12.1. The Labute approximate surface area is 145 Å². The molecule has 0 fully saturated rings. The Balaban J connectivity index is 1.75. The van der Waals surface area contributed by atoms with Gasteiger partial charge in [-0.3, -0.25) is 0 Å². The van der Waals surface area contributed by atoms with E-state index < -0.39 is 30.1 Å². The molecule has 2 heterocycles. The zero-order chi connectivity index (χ0) is 17.6. The number of aromatic nitrogens is 2. The molecule has 130 valence electrons. The molecule has 3 aromatic rings. The van der Waals surface area contributed by atoms with E-state index in [1.807, 2.05) is 0 Å². The molecule has 0 radical (unpaired) electrons. The standard InChI is InChI=1S/C17H14F3N3OS/c18-10-4-8(5-11(19)15(10)20)12(6-24)23-16-14-9-2-1-3-13(9)25-17(14)22-7-21-16/h4-5,7,12,24H,1-3,6H2,(H,21,22,23). The molecule has 1 aliphatic carbocycles. The first-order valence-electron chi connectivity index (χ1n) is 7.85. The van der Waals surface area contributed by atoms with Gasteiger partial charge in [0.05, 0.1) is 18.0 Å². The molecule has 0 amide bonds.